The summed E-state index contributed by atoms with van der Waals surface area (Å²) in [7, 11) is -2.58. The van der Waals surface area contributed by atoms with Crippen LogP contribution in [0.25, 0.3) is 0 Å². The molecule has 1 heterocycles. The number of hydrogen-bond acceptors (Lipinski definition) is 5. The van der Waals surface area contributed by atoms with Gasteiger partial charge in [-0.15, -0.1) is 0 Å². The third kappa shape index (κ3) is 6.64. The van der Waals surface area contributed by atoms with Crippen molar-refractivity contribution in [3.63, 3.8) is 0 Å². The summed E-state index contributed by atoms with van der Waals surface area (Å²) in [5.74, 6) is 0. The van der Waals surface area contributed by atoms with E-state index in [9.17, 15) is 0 Å². The zero-order valence-electron chi connectivity index (χ0n) is 14.8. The van der Waals surface area contributed by atoms with Crippen LogP contribution in [0.15, 0.2) is 0 Å². The number of ether oxygens (including phenoxy) is 2. The first kappa shape index (κ1) is 20.1. The van der Waals surface area contributed by atoms with Crippen LogP contribution >= 0.6 is 0 Å². The summed E-state index contributed by atoms with van der Waals surface area (Å²) in [4.78, 5) is 0. The van der Waals surface area contributed by atoms with E-state index < -0.39 is 8.80 Å². The number of hydrogen-bond donors (Lipinski definition) is 0. The van der Waals surface area contributed by atoms with E-state index in [1.54, 1.807) is 0 Å². The summed E-state index contributed by atoms with van der Waals surface area (Å²) in [5.41, 5.74) is 0. The van der Waals surface area contributed by atoms with Crippen molar-refractivity contribution in [2.45, 2.75) is 71.6 Å². The van der Waals surface area contributed by atoms with Crippen molar-refractivity contribution in [1.82, 2.24) is 0 Å². The summed E-state index contributed by atoms with van der Waals surface area (Å²) in [6.07, 6.45) is 4.56. The van der Waals surface area contributed by atoms with Crippen molar-refractivity contribution in [3.05, 3.63) is 0 Å². The molecule has 1 fully saturated rings. The summed E-state index contributed by atoms with van der Waals surface area (Å²) in [6, 6.07) is 0.791. The van der Waals surface area contributed by atoms with Crippen molar-refractivity contribution >= 4 is 8.80 Å². The van der Waals surface area contributed by atoms with E-state index in [0.717, 1.165) is 44.9 Å². The van der Waals surface area contributed by atoms with Gasteiger partial charge in [-0.3, -0.25) is 0 Å². The average molecular weight is 335 g/mol. The van der Waals surface area contributed by atoms with Gasteiger partial charge in [0.1, 0.15) is 0 Å². The molecule has 22 heavy (non-hydrogen) atoms. The number of rotatable bonds is 14. The maximum atomic E-state index is 6.05. The van der Waals surface area contributed by atoms with Crippen molar-refractivity contribution < 1.29 is 22.8 Å². The first-order chi connectivity index (χ1) is 10.7. The van der Waals surface area contributed by atoms with E-state index >= 15 is 0 Å². The van der Waals surface area contributed by atoms with Gasteiger partial charge in [0.05, 0.1) is 12.2 Å². The average Bonchev–Trinajstić information content (AvgIpc) is 2.44. The topological polar surface area (TPSA) is 46.2 Å². The van der Waals surface area contributed by atoms with Crippen molar-refractivity contribution in [2.75, 3.05) is 33.0 Å². The van der Waals surface area contributed by atoms with Crippen LogP contribution < -0.4 is 0 Å². The van der Waals surface area contributed by atoms with Gasteiger partial charge >= 0.3 is 8.80 Å². The van der Waals surface area contributed by atoms with Gasteiger partial charge in [-0.05, 0) is 40.0 Å². The molecular formula is C16H34O5Si. The minimum absolute atomic E-state index is 0.133. The molecule has 0 aromatic carbocycles. The quantitative estimate of drug-likeness (QED) is 0.360. The van der Waals surface area contributed by atoms with Gasteiger partial charge in [-0.1, -0.05) is 13.3 Å². The third-order valence-electron chi connectivity index (χ3n) is 3.81. The second-order valence-electron chi connectivity index (χ2n) is 5.48. The van der Waals surface area contributed by atoms with Crippen LogP contribution in [0.1, 0.15) is 53.4 Å². The van der Waals surface area contributed by atoms with Crippen molar-refractivity contribution in [1.29, 1.82) is 0 Å². The van der Waals surface area contributed by atoms with E-state index in [1.807, 2.05) is 20.8 Å². The van der Waals surface area contributed by atoms with Gasteiger partial charge in [-0.2, -0.15) is 0 Å². The Balaban J connectivity index is 2.55. The highest BCUT2D eigenvalue weighted by Gasteiger charge is 2.42. The predicted molar refractivity (Wildman–Crippen MR) is 89.1 cm³/mol. The molecule has 0 aromatic rings. The van der Waals surface area contributed by atoms with Crippen molar-refractivity contribution in [3.8, 4) is 0 Å². The van der Waals surface area contributed by atoms with E-state index in [-0.39, 0.29) is 12.2 Å². The standard InChI is InChI=1S/C16H34O5Si/c1-5-9-12-17-16(15-10-13-18-15)11-14-22(19-6-2,20-7-3)21-8-4/h15-16H,5-14H2,1-4H3. The van der Waals surface area contributed by atoms with Crippen LogP contribution in [-0.2, 0) is 22.8 Å². The summed E-state index contributed by atoms with van der Waals surface area (Å²) < 4.78 is 29.4. The normalized spacial score (nSPS) is 19.9. The Bertz CT molecular complexity index is 256. The van der Waals surface area contributed by atoms with Crippen LogP contribution in [0.5, 0.6) is 0 Å². The molecule has 1 saturated heterocycles. The lowest BCUT2D eigenvalue weighted by Crippen LogP contribution is -2.48. The maximum absolute atomic E-state index is 6.05. The first-order valence-corrected chi connectivity index (χ1v) is 10.8. The third-order valence-corrected chi connectivity index (χ3v) is 6.89. The molecule has 5 nitrogen and oxygen atoms in total. The van der Waals surface area contributed by atoms with Gasteiger partial charge in [0.25, 0.3) is 0 Å². The van der Waals surface area contributed by atoms with Crippen LogP contribution in [0.3, 0.4) is 0 Å². The highest BCUT2D eigenvalue weighted by atomic mass is 28.4. The van der Waals surface area contributed by atoms with Gasteiger partial charge in [0.2, 0.25) is 0 Å². The van der Waals surface area contributed by atoms with Gasteiger partial charge in [0.15, 0.2) is 0 Å². The molecule has 1 rings (SSSR count). The molecule has 6 heteroatoms. The van der Waals surface area contributed by atoms with Gasteiger partial charge in [-0.25, -0.2) is 0 Å². The highest BCUT2D eigenvalue weighted by molar-refractivity contribution is 6.60. The molecule has 2 unspecified atom stereocenters. The summed E-state index contributed by atoms with van der Waals surface area (Å²) >= 11 is 0. The molecule has 0 saturated carbocycles. The van der Waals surface area contributed by atoms with Crippen LogP contribution in [-0.4, -0.2) is 54.0 Å². The van der Waals surface area contributed by atoms with E-state index in [1.165, 1.54) is 0 Å². The van der Waals surface area contributed by atoms with E-state index in [4.69, 9.17) is 22.8 Å². The number of unbranched alkanes of at least 4 members (excludes halogenated alkanes) is 1. The molecule has 132 valence electrons. The lowest BCUT2D eigenvalue weighted by molar-refractivity contribution is -0.139. The first-order valence-electron chi connectivity index (χ1n) is 8.86. The molecule has 1 aliphatic rings. The molecule has 0 N–H and O–H groups in total. The Kier molecular flexibility index (Phi) is 10.5. The molecule has 0 bridgehead atoms. The SMILES string of the molecule is CCCCOC(CC[Si](OCC)(OCC)OCC)C1CCO1. The van der Waals surface area contributed by atoms with Crippen LogP contribution in [0.2, 0.25) is 6.04 Å². The van der Waals surface area contributed by atoms with E-state index in [2.05, 4.69) is 6.92 Å². The fourth-order valence-corrected chi connectivity index (χ4v) is 5.26. The molecular weight excluding hydrogens is 300 g/mol. The summed E-state index contributed by atoms with van der Waals surface area (Å²) in [5, 5.41) is 0. The second-order valence-corrected chi connectivity index (χ2v) is 8.21. The van der Waals surface area contributed by atoms with E-state index in [0.29, 0.717) is 19.8 Å². The molecule has 0 aliphatic carbocycles. The van der Waals surface area contributed by atoms with Crippen LogP contribution in [0, 0.1) is 0 Å². The molecule has 0 amide bonds. The Morgan fingerprint density at radius 3 is 2.05 bits per heavy atom. The minimum atomic E-state index is -2.58. The highest BCUT2D eigenvalue weighted by Crippen LogP contribution is 2.26. The largest absolute Gasteiger partial charge is 0.501 e. The summed E-state index contributed by atoms with van der Waals surface area (Å²) in [6.45, 7) is 11.7. The fourth-order valence-electron chi connectivity index (χ4n) is 2.62. The molecule has 1 aliphatic heterocycles. The molecule has 0 radical (unpaired) electrons. The monoisotopic (exact) mass is 334 g/mol. The molecule has 0 aromatic heterocycles. The molecule has 2 atom stereocenters. The van der Waals surface area contributed by atoms with Crippen molar-refractivity contribution in [2.24, 2.45) is 0 Å². The Labute approximate surface area is 137 Å². The fraction of sp³-hybridized carbons (Fsp3) is 1.00. The zero-order valence-corrected chi connectivity index (χ0v) is 15.8. The van der Waals surface area contributed by atoms with Gasteiger partial charge < -0.3 is 22.8 Å². The van der Waals surface area contributed by atoms with Gasteiger partial charge in [0, 0.05) is 39.1 Å². The Morgan fingerprint density at radius 1 is 1.05 bits per heavy atom. The smallest absolute Gasteiger partial charge is 0.376 e. The second kappa shape index (κ2) is 11.5. The lowest BCUT2D eigenvalue weighted by atomic mass is 10.0. The molecule has 0 spiro atoms. The lowest BCUT2D eigenvalue weighted by Gasteiger charge is -2.36. The van der Waals surface area contributed by atoms with Crippen LogP contribution in [0.4, 0.5) is 0 Å². The Hall–Kier alpha value is 0.0169. The predicted octanol–water partition coefficient (Wildman–Crippen LogP) is 3.40. The Morgan fingerprint density at radius 2 is 1.64 bits per heavy atom. The minimum Gasteiger partial charge on any atom is -0.376 e. The maximum Gasteiger partial charge on any atom is 0.501 e. The zero-order chi connectivity index (χ0) is 16.3.